The van der Waals surface area contributed by atoms with E-state index in [4.69, 9.17) is 10.5 Å². The Hall–Kier alpha value is -1.55. The van der Waals surface area contributed by atoms with Crippen molar-refractivity contribution in [3.63, 3.8) is 0 Å². The molecule has 1 unspecified atom stereocenters. The summed E-state index contributed by atoms with van der Waals surface area (Å²) in [6.07, 6.45) is 1.24. The zero-order valence-corrected chi connectivity index (χ0v) is 10.4. The number of methoxy groups -OCH3 is 1. The molecule has 1 amide bonds. The highest BCUT2D eigenvalue weighted by atomic mass is 16.5. The fraction of sp³-hybridized carbons (Fsp3) is 0.462. The number of benzene rings is 1. The largest absolute Gasteiger partial charge is 0.496 e. The van der Waals surface area contributed by atoms with Crippen LogP contribution in [0.15, 0.2) is 24.3 Å². The molecule has 0 heterocycles. The number of para-hydroxylation sites is 1. The summed E-state index contributed by atoms with van der Waals surface area (Å²) in [5.41, 5.74) is 6.24. The third-order valence-corrected chi connectivity index (χ3v) is 2.58. The molecule has 1 aromatic rings. The van der Waals surface area contributed by atoms with Gasteiger partial charge in [-0.15, -0.1) is 0 Å². The summed E-state index contributed by atoms with van der Waals surface area (Å²) >= 11 is 0. The van der Waals surface area contributed by atoms with Gasteiger partial charge in [-0.3, -0.25) is 4.79 Å². The molecule has 0 spiro atoms. The highest BCUT2D eigenvalue weighted by Gasteiger charge is 2.07. The molecule has 0 radical (unpaired) electrons. The first-order valence-electron chi connectivity index (χ1n) is 5.77. The Balaban J connectivity index is 2.44. The molecule has 94 valence electrons. The van der Waals surface area contributed by atoms with Crippen molar-refractivity contribution in [2.24, 2.45) is 5.73 Å². The highest BCUT2D eigenvalue weighted by Crippen LogP contribution is 2.18. The lowest BCUT2D eigenvalue weighted by molar-refractivity contribution is -0.117. The van der Waals surface area contributed by atoms with Crippen molar-refractivity contribution in [1.82, 2.24) is 5.32 Å². The summed E-state index contributed by atoms with van der Waals surface area (Å²) in [7, 11) is 1.67. The van der Waals surface area contributed by atoms with Crippen molar-refractivity contribution >= 4 is 5.91 Å². The summed E-state index contributed by atoms with van der Waals surface area (Å²) in [6, 6.07) is 8.23. The summed E-state index contributed by atoms with van der Waals surface area (Å²) in [5, 5.41) is 3.26. The number of hydrogen-bond donors (Lipinski definition) is 2. The van der Waals surface area contributed by atoms with Crippen molar-refractivity contribution in [2.75, 3.05) is 13.7 Å². The number of hydrogen-bond acceptors (Lipinski definition) is 3. The summed E-state index contributed by atoms with van der Waals surface area (Å²) in [4.78, 5) is 10.6. The van der Waals surface area contributed by atoms with Crippen molar-refractivity contribution in [3.05, 3.63) is 29.8 Å². The molecule has 0 aromatic heterocycles. The minimum Gasteiger partial charge on any atom is -0.496 e. The van der Waals surface area contributed by atoms with Gasteiger partial charge in [0.1, 0.15) is 5.75 Å². The van der Waals surface area contributed by atoms with E-state index in [0.717, 1.165) is 17.7 Å². The van der Waals surface area contributed by atoms with E-state index in [9.17, 15) is 4.79 Å². The van der Waals surface area contributed by atoms with E-state index in [1.807, 2.05) is 24.3 Å². The molecule has 4 heteroatoms. The van der Waals surface area contributed by atoms with Gasteiger partial charge in [-0.2, -0.15) is 0 Å². The highest BCUT2D eigenvalue weighted by molar-refractivity contribution is 5.73. The summed E-state index contributed by atoms with van der Waals surface area (Å²) < 4.78 is 5.29. The maximum atomic E-state index is 10.6. The number of nitrogens with two attached hydrogens (primary N) is 1. The molecular weight excluding hydrogens is 216 g/mol. The van der Waals surface area contributed by atoms with Gasteiger partial charge in [0.15, 0.2) is 0 Å². The van der Waals surface area contributed by atoms with Gasteiger partial charge in [0.2, 0.25) is 5.91 Å². The molecule has 1 aromatic carbocycles. The fourth-order valence-corrected chi connectivity index (χ4v) is 1.72. The summed E-state index contributed by atoms with van der Waals surface area (Å²) in [6.45, 7) is 2.69. The molecule has 1 atom stereocenters. The van der Waals surface area contributed by atoms with Crippen LogP contribution in [0.2, 0.25) is 0 Å². The van der Waals surface area contributed by atoms with Crippen LogP contribution in [0.4, 0.5) is 0 Å². The SMILES string of the molecule is COc1ccccc1CC(C)NCCC(N)=O. The maximum Gasteiger partial charge on any atom is 0.218 e. The molecule has 0 fully saturated rings. The molecular formula is C13H20N2O2. The first kappa shape index (κ1) is 13.5. The van der Waals surface area contributed by atoms with Gasteiger partial charge in [-0.05, 0) is 25.0 Å². The zero-order valence-electron chi connectivity index (χ0n) is 10.4. The van der Waals surface area contributed by atoms with E-state index in [2.05, 4.69) is 12.2 Å². The average Bonchev–Trinajstić information content (AvgIpc) is 2.29. The van der Waals surface area contributed by atoms with E-state index in [1.54, 1.807) is 7.11 Å². The lowest BCUT2D eigenvalue weighted by atomic mass is 10.1. The Labute approximate surface area is 102 Å². The van der Waals surface area contributed by atoms with Gasteiger partial charge in [0.25, 0.3) is 0 Å². The van der Waals surface area contributed by atoms with Gasteiger partial charge in [-0.1, -0.05) is 18.2 Å². The predicted octanol–water partition coefficient (Wildman–Crippen LogP) is 1.09. The Morgan fingerprint density at radius 2 is 2.18 bits per heavy atom. The quantitative estimate of drug-likeness (QED) is 0.745. The normalized spacial score (nSPS) is 12.1. The number of carbonyl (C=O) groups is 1. The van der Waals surface area contributed by atoms with Crippen LogP contribution in [0.25, 0.3) is 0 Å². The van der Waals surface area contributed by atoms with Crippen LogP contribution in [-0.4, -0.2) is 25.6 Å². The van der Waals surface area contributed by atoms with Crippen molar-refractivity contribution < 1.29 is 9.53 Å². The number of primary amides is 1. The van der Waals surface area contributed by atoms with Crippen LogP contribution in [0.5, 0.6) is 5.75 Å². The van der Waals surface area contributed by atoms with E-state index < -0.39 is 0 Å². The Bertz CT molecular complexity index is 366. The molecule has 3 N–H and O–H groups in total. The lowest BCUT2D eigenvalue weighted by Crippen LogP contribution is -2.31. The van der Waals surface area contributed by atoms with Gasteiger partial charge >= 0.3 is 0 Å². The molecule has 0 aliphatic carbocycles. The van der Waals surface area contributed by atoms with E-state index in [0.29, 0.717) is 13.0 Å². The van der Waals surface area contributed by atoms with Crippen LogP contribution >= 0.6 is 0 Å². The minimum atomic E-state index is -0.276. The standard InChI is InChI=1S/C13H20N2O2/c1-10(15-8-7-13(14)16)9-11-5-3-4-6-12(11)17-2/h3-6,10,15H,7-9H2,1-2H3,(H2,14,16). The molecule has 17 heavy (non-hydrogen) atoms. The number of rotatable bonds is 7. The molecule has 0 aliphatic rings. The number of amides is 1. The molecule has 0 saturated heterocycles. The maximum absolute atomic E-state index is 10.6. The average molecular weight is 236 g/mol. The lowest BCUT2D eigenvalue weighted by Gasteiger charge is -2.15. The second-order valence-corrected chi connectivity index (χ2v) is 4.09. The van der Waals surface area contributed by atoms with E-state index in [1.165, 1.54) is 0 Å². The summed E-state index contributed by atoms with van der Waals surface area (Å²) in [5.74, 6) is 0.623. The van der Waals surface area contributed by atoms with E-state index in [-0.39, 0.29) is 11.9 Å². The van der Waals surface area contributed by atoms with Gasteiger partial charge in [0, 0.05) is 19.0 Å². The molecule has 0 saturated carbocycles. The Kier molecular flexibility index (Phi) is 5.49. The Morgan fingerprint density at radius 3 is 2.82 bits per heavy atom. The Morgan fingerprint density at radius 1 is 1.47 bits per heavy atom. The van der Waals surface area contributed by atoms with Crippen molar-refractivity contribution in [1.29, 1.82) is 0 Å². The van der Waals surface area contributed by atoms with Crippen LogP contribution in [0.3, 0.4) is 0 Å². The smallest absolute Gasteiger partial charge is 0.218 e. The van der Waals surface area contributed by atoms with Crippen LogP contribution in [0, 0.1) is 0 Å². The number of carbonyl (C=O) groups excluding carboxylic acids is 1. The predicted molar refractivity (Wildman–Crippen MR) is 68.0 cm³/mol. The van der Waals surface area contributed by atoms with Crippen LogP contribution < -0.4 is 15.8 Å². The molecule has 1 rings (SSSR count). The van der Waals surface area contributed by atoms with Crippen molar-refractivity contribution in [3.8, 4) is 5.75 Å². The molecule has 0 aliphatic heterocycles. The first-order valence-corrected chi connectivity index (χ1v) is 5.77. The van der Waals surface area contributed by atoms with Gasteiger partial charge in [0.05, 0.1) is 7.11 Å². The van der Waals surface area contributed by atoms with E-state index >= 15 is 0 Å². The first-order chi connectivity index (χ1) is 8.13. The second kappa shape index (κ2) is 6.91. The van der Waals surface area contributed by atoms with Crippen LogP contribution in [0.1, 0.15) is 18.9 Å². The van der Waals surface area contributed by atoms with Gasteiger partial charge < -0.3 is 15.8 Å². The van der Waals surface area contributed by atoms with Gasteiger partial charge in [-0.25, -0.2) is 0 Å². The second-order valence-electron chi connectivity index (χ2n) is 4.09. The van der Waals surface area contributed by atoms with Crippen molar-refractivity contribution in [2.45, 2.75) is 25.8 Å². The fourth-order valence-electron chi connectivity index (χ4n) is 1.72. The molecule has 0 bridgehead atoms. The molecule has 4 nitrogen and oxygen atoms in total. The topological polar surface area (TPSA) is 64.3 Å². The minimum absolute atomic E-state index is 0.276. The third kappa shape index (κ3) is 4.87. The number of nitrogens with one attached hydrogen (secondary N) is 1. The monoisotopic (exact) mass is 236 g/mol. The third-order valence-electron chi connectivity index (χ3n) is 2.58. The van der Waals surface area contributed by atoms with Crippen LogP contribution in [-0.2, 0) is 11.2 Å². The number of ether oxygens (including phenoxy) is 1. The zero-order chi connectivity index (χ0) is 12.7.